The molecule has 1 aliphatic carbocycles. The summed E-state index contributed by atoms with van der Waals surface area (Å²) in [7, 11) is 0. The number of rotatable bonds is 7. The summed E-state index contributed by atoms with van der Waals surface area (Å²) in [5.41, 5.74) is 2.61. The van der Waals surface area contributed by atoms with Crippen LogP contribution in [0.4, 0.5) is 0 Å². The first-order valence-corrected chi connectivity index (χ1v) is 7.34. The largest absolute Gasteiger partial charge is 0.352 e. The topological polar surface area (TPSA) is 41.1 Å². The molecule has 0 spiro atoms. The molecule has 104 valence electrons. The maximum absolute atomic E-state index is 11.7. The van der Waals surface area contributed by atoms with E-state index < -0.39 is 0 Å². The third-order valence-corrected chi connectivity index (χ3v) is 3.65. The van der Waals surface area contributed by atoms with Crippen LogP contribution in [0, 0.1) is 0 Å². The Morgan fingerprint density at radius 1 is 1.26 bits per heavy atom. The van der Waals surface area contributed by atoms with Crippen molar-refractivity contribution in [1.29, 1.82) is 0 Å². The number of hydrogen-bond donors (Lipinski definition) is 2. The molecule has 3 heteroatoms. The van der Waals surface area contributed by atoms with E-state index in [-0.39, 0.29) is 11.9 Å². The van der Waals surface area contributed by atoms with Crippen molar-refractivity contribution < 1.29 is 4.79 Å². The van der Waals surface area contributed by atoms with Gasteiger partial charge in [0.2, 0.25) is 5.91 Å². The Balaban J connectivity index is 1.85. The van der Waals surface area contributed by atoms with Crippen LogP contribution >= 0.6 is 0 Å². The fourth-order valence-corrected chi connectivity index (χ4v) is 2.21. The minimum Gasteiger partial charge on any atom is -0.352 e. The van der Waals surface area contributed by atoms with E-state index in [2.05, 4.69) is 48.7 Å². The molecule has 1 atom stereocenters. The smallest absolute Gasteiger partial charge is 0.234 e. The van der Waals surface area contributed by atoms with Crippen molar-refractivity contribution >= 4 is 5.91 Å². The van der Waals surface area contributed by atoms with Gasteiger partial charge in [0, 0.05) is 12.1 Å². The SMILES string of the molecule is CCc1ccc(C(CC)NCC(=O)NC2CC2)cc1. The lowest BCUT2D eigenvalue weighted by Crippen LogP contribution is -2.36. The molecule has 0 heterocycles. The lowest BCUT2D eigenvalue weighted by atomic mass is 10.0. The van der Waals surface area contributed by atoms with Gasteiger partial charge in [-0.15, -0.1) is 0 Å². The predicted molar refractivity (Wildman–Crippen MR) is 78.0 cm³/mol. The highest BCUT2D eigenvalue weighted by Gasteiger charge is 2.23. The van der Waals surface area contributed by atoms with E-state index in [9.17, 15) is 4.79 Å². The molecule has 1 unspecified atom stereocenters. The average Bonchev–Trinajstić information content (AvgIpc) is 3.24. The van der Waals surface area contributed by atoms with Gasteiger partial charge in [-0.2, -0.15) is 0 Å². The first-order chi connectivity index (χ1) is 9.22. The second-order valence-electron chi connectivity index (χ2n) is 5.28. The molecule has 1 saturated carbocycles. The van der Waals surface area contributed by atoms with Gasteiger partial charge < -0.3 is 10.6 Å². The zero-order valence-corrected chi connectivity index (χ0v) is 11.9. The molecule has 2 rings (SSSR count). The van der Waals surface area contributed by atoms with Gasteiger partial charge in [-0.25, -0.2) is 0 Å². The second kappa shape index (κ2) is 6.71. The van der Waals surface area contributed by atoms with Crippen LogP contribution in [0.15, 0.2) is 24.3 Å². The van der Waals surface area contributed by atoms with Crippen molar-refractivity contribution in [2.24, 2.45) is 0 Å². The third-order valence-electron chi connectivity index (χ3n) is 3.65. The summed E-state index contributed by atoms with van der Waals surface area (Å²) in [5.74, 6) is 0.117. The van der Waals surface area contributed by atoms with Gasteiger partial charge in [0.15, 0.2) is 0 Å². The van der Waals surface area contributed by atoms with Gasteiger partial charge in [0.25, 0.3) is 0 Å². The average molecular weight is 260 g/mol. The number of aryl methyl sites for hydroxylation is 1. The van der Waals surface area contributed by atoms with E-state index in [4.69, 9.17) is 0 Å². The van der Waals surface area contributed by atoms with Gasteiger partial charge in [-0.3, -0.25) is 4.79 Å². The molecule has 1 aromatic rings. The Morgan fingerprint density at radius 2 is 1.95 bits per heavy atom. The Bertz CT molecular complexity index is 409. The molecule has 1 fully saturated rings. The highest BCUT2D eigenvalue weighted by molar-refractivity contribution is 5.78. The third kappa shape index (κ3) is 4.35. The molecule has 0 aliphatic heterocycles. The fraction of sp³-hybridized carbons (Fsp3) is 0.562. The van der Waals surface area contributed by atoms with E-state index in [0.29, 0.717) is 12.6 Å². The quantitative estimate of drug-likeness (QED) is 0.791. The number of amides is 1. The van der Waals surface area contributed by atoms with Gasteiger partial charge >= 0.3 is 0 Å². The predicted octanol–water partition coefficient (Wildman–Crippen LogP) is 2.57. The monoisotopic (exact) mass is 260 g/mol. The second-order valence-corrected chi connectivity index (χ2v) is 5.28. The lowest BCUT2D eigenvalue weighted by molar-refractivity contribution is -0.120. The van der Waals surface area contributed by atoms with Crippen molar-refractivity contribution in [3.63, 3.8) is 0 Å². The molecule has 0 saturated heterocycles. The zero-order valence-electron chi connectivity index (χ0n) is 11.9. The van der Waals surface area contributed by atoms with Crippen LogP contribution in [0.2, 0.25) is 0 Å². The van der Waals surface area contributed by atoms with Crippen LogP contribution in [-0.2, 0) is 11.2 Å². The van der Waals surface area contributed by atoms with Crippen LogP contribution in [0.5, 0.6) is 0 Å². The van der Waals surface area contributed by atoms with Crippen LogP contribution < -0.4 is 10.6 Å². The molecule has 1 aliphatic rings. The summed E-state index contributed by atoms with van der Waals surface area (Å²) in [6.45, 7) is 4.71. The molecular formula is C16H24N2O. The van der Waals surface area contributed by atoms with E-state index in [1.165, 1.54) is 11.1 Å². The first-order valence-electron chi connectivity index (χ1n) is 7.34. The molecule has 0 bridgehead atoms. The number of benzene rings is 1. The number of carbonyl (C=O) groups is 1. The molecular weight excluding hydrogens is 236 g/mol. The summed E-state index contributed by atoms with van der Waals surface area (Å²) in [5, 5.41) is 6.35. The van der Waals surface area contributed by atoms with Crippen molar-refractivity contribution in [3.05, 3.63) is 35.4 Å². The van der Waals surface area contributed by atoms with Crippen molar-refractivity contribution in [3.8, 4) is 0 Å². The summed E-state index contributed by atoms with van der Waals surface area (Å²) in [4.78, 5) is 11.7. The van der Waals surface area contributed by atoms with E-state index in [0.717, 1.165) is 25.7 Å². The fourth-order valence-electron chi connectivity index (χ4n) is 2.21. The van der Waals surface area contributed by atoms with E-state index >= 15 is 0 Å². The van der Waals surface area contributed by atoms with Crippen LogP contribution in [0.25, 0.3) is 0 Å². The summed E-state index contributed by atoms with van der Waals surface area (Å²) < 4.78 is 0. The molecule has 3 nitrogen and oxygen atoms in total. The highest BCUT2D eigenvalue weighted by Crippen LogP contribution is 2.19. The molecule has 2 N–H and O–H groups in total. The molecule has 0 radical (unpaired) electrons. The molecule has 0 aromatic heterocycles. The van der Waals surface area contributed by atoms with Gasteiger partial charge in [0.1, 0.15) is 0 Å². The zero-order chi connectivity index (χ0) is 13.7. The maximum Gasteiger partial charge on any atom is 0.234 e. The standard InChI is InChI=1S/C16H24N2O/c1-3-12-5-7-13(8-6-12)15(4-2)17-11-16(19)18-14-9-10-14/h5-8,14-15,17H,3-4,9-11H2,1-2H3,(H,18,19). The van der Waals surface area contributed by atoms with Crippen LogP contribution in [0.1, 0.15) is 50.3 Å². The summed E-state index contributed by atoms with van der Waals surface area (Å²) in [6.07, 6.45) is 4.33. The maximum atomic E-state index is 11.7. The normalized spacial score (nSPS) is 16.1. The van der Waals surface area contributed by atoms with E-state index in [1.54, 1.807) is 0 Å². The van der Waals surface area contributed by atoms with Gasteiger partial charge in [0.05, 0.1) is 6.54 Å². The minimum absolute atomic E-state index is 0.117. The minimum atomic E-state index is 0.117. The van der Waals surface area contributed by atoms with Crippen molar-refractivity contribution in [2.75, 3.05) is 6.54 Å². The molecule has 19 heavy (non-hydrogen) atoms. The Hall–Kier alpha value is -1.35. The van der Waals surface area contributed by atoms with E-state index in [1.807, 2.05) is 0 Å². The Kier molecular flexibility index (Phi) is 4.97. The highest BCUT2D eigenvalue weighted by atomic mass is 16.2. The summed E-state index contributed by atoms with van der Waals surface area (Å²) >= 11 is 0. The van der Waals surface area contributed by atoms with Gasteiger partial charge in [-0.05, 0) is 36.8 Å². The molecule has 1 aromatic carbocycles. The van der Waals surface area contributed by atoms with Crippen LogP contribution in [0.3, 0.4) is 0 Å². The van der Waals surface area contributed by atoms with Crippen molar-refractivity contribution in [1.82, 2.24) is 10.6 Å². The van der Waals surface area contributed by atoms with Crippen molar-refractivity contribution in [2.45, 2.75) is 51.6 Å². The number of carbonyl (C=O) groups excluding carboxylic acids is 1. The Labute approximate surface area is 115 Å². The lowest BCUT2D eigenvalue weighted by Gasteiger charge is -2.17. The van der Waals surface area contributed by atoms with Crippen LogP contribution in [-0.4, -0.2) is 18.5 Å². The Morgan fingerprint density at radius 3 is 2.47 bits per heavy atom. The molecule has 1 amide bonds. The first kappa shape index (κ1) is 14.1. The summed E-state index contributed by atoms with van der Waals surface area (Å²) in [6, 6.07) is 9.37. The number of nitrogens with one attached hydrogen (secondary N) is 2. The number of hydrogen-bond acceptors (Lipinski definition) is 2. The van der Waals surface area contributed by atoms with Gasteiger partial charge in [-0.1, -0.05) is 38.1 Å².